The number of anilines is 1. The van der Waals surface area contributed by atoms with Gasteiger partial charge in [-0.1, -0.05) is 61.3 Å². The molecule has 3 aromatic rings. The minimum atomic E-state index is -4.31. The van der Waals surface area contributed by atoms with Crippen LogP contribution in [0, 0.1) is 10.1 Å². The van der Waals surface area contributed by atoms with Crippen LogP contribution in [0.3, 0.4) is 0 Å². The number of nitro groups is 1. The van der Waals surface area contributed by atoms with Gasteiger partial charge in [-0.25, -0.2) is 8.42 Å². The second-order valence-corrected chi connectivity index (χ2v) is 12.3. The summed E-state index contributed by atoms with van der Waals surface area (Å²) in [5.41, 5.74) is 0.310. The second-order valence-electron chi connectivity index (χ2n) is 9.60. The standard InChI is InChI=1S/C29H32Cl2N4O6S/c1-4-20(3)32-29(37)27(5-2)33(18-21-11-12-22(30)17-26(21)31)28(36)19-34(23-13-15-24(16-14-23)35(38)39)42(40,41)25-9-7-6-8-10-25/h6-17,20,27H,4-5,18-19H2,1-3H3,(H,32,37). The van der Waals surface area contributed by atoms with Gasteiger partial charge >= 0.3 is 0 Å². The Morgan fingerprint density at radius 3 is 2.17 bits per heavy atom. The first-order valence-electron chi connectivity index (χ1n) is 13.2. The zero-order chi connectivity index (χ0) is 31.0. The molecule has 0 aliphatic carbocycles. The largest absolute Gasteiger partial charge is 0.352 e. The van der Waals surface area contributed by atoms with E-state index < -0.39 is 39.3 Å². The lowest BCUT2D eigenvalue weighted by atomic mass is 10.1. The van der Waals surface area contributed by atoms with Gasteiger partial charge in [0.1, 0.15) is 12.6 Å². The molecule has 0 saturated carbocycles. The summed E-state index contributed by atoms with van der Waals surface area (Å²) in [5.74, 6) is -1.07. The van der Waals surface area contributed by atoms with E-state index in [1.165, 1.54) is 35.2 Å². The predicted octanol–water partition coefficient (Wildman–Crippen LogP) is 5.82. The summed E-state index contributed by atoms with van der Waals surface area (Å²) in [7, 11) is -4.31. The number of carbonyl (C=O) groups is 2. The van der Waals surface area contributed by atoms with Gasteiger partial charge in [-0.2, -0.15) is 0 Å². The monoisotopic (exact) mass is 634 g/mol. The molecule has 0 radical (unpaired) electrons. The van der Waals surface area contributed by atoms with Crippen molar-refractivity contribution in [3.63, 3.8) is 0 Å². The maximum absolute atomic E-state index is 14.1. The molecular formula is C29H32Cl2N4O6S. The first kappa shape index (κ1) is 32.8. The zero-order valence-electron chi connectivity index (χ0n) is 23.4. The molecule has 42 heavy (non-hydrogen) atoms. The number of rotatable bonds is 13. The normalized spacial score (nSPS) is 12.7. The summed E-state index contributed by atoms with van der Waals surface area (Å²) >= 11 is 12.5. The van der Waals surface area contributed by atoms with Crippen LogP contribution in [0.2, 0.25) is 10.0 Å². The predicted molar refractivity (Wildman–Crippen MR) is 163 cm³/mol. The highest BCUT2D eigenvalue weighted by Crippen LogP contribution is 2.28. The molecule has 3 aromatic carbocycles. The molecule has 0 aromatic heterocycles. The first-order valence-corrected chi connectivity index (χ1v) is 15.4. The van der Waals surface area contributed by atoms with Crippen LogP contribution in [0.4, 0.5) is 11.4 Å². The Kier molecular flexibility index (Phi) is 11.3. The topological polar surface area (TPSA) is 130 Å². The van der Waals surface area contributed by atoms with Crippen LogP contribution in [-0.2, 0) is 26.2 Å². The van der Waals surface area contributed by atoms with Crippen LogP contribution in [0.5, 0.6) is 0 Å². The number of nitrogens with zero attached hydrogens (tertiary/aromatic N) is 3. The third kappa shape index (κ3) is 7.99. The van der Waals surface area contributed by atoms with Gasteiger partial charge in [-0.05, 0) is 61.7 Å². The summed E-state index contributed by atoms with van der Waals surface area (Å²) in [5, 5.41) is 14.8. The minimum Gasteiger partial charge on any atom is -0.352 e. The molecular weight excluding hydrogens is 603 g/mol. The number of hydrogen-bond donors (Lipinski definition) is 1. The molecule has 0 saturated heterocycles. The molecule has 0 aliphatic rings. The summed E-state index contributed by atoms with van der Waals surface area (Å²) in [6.07, 6.45) is 0.907. The summed E-state index contributed by atoms with van der Waals surface area (Å²) in [4.78, 5) is 39.3. The smallest absolute Gasteiger partial charge is 0.269 e. The fourth-order valence-corrected chi connectivity index (χ4v) is 6.09. The van der Waals surface area contributed by atoms with Gasteiger partial charge in [0.2, 0.25) is 11.8 Å². The fraction of sp³-hybridized carbons (Fsp3) is 0.310. The maximum Gasteiger partial charge on any atom is 0.269 e. The van der Waals surface area contributed by atoms with Crippen molar-refractivity contribution in [1.29, 1.82) is 0 Å². The summed E-state index contributed by atoms with van der Waals surface area (Å²) in [6.45, 7) is 4.72. The Morgan fingerprint density at radius 1 is 0.976 bits per heavy atom. The zero-order valence-corrected chi connectivity index (χ0v) is 25.7. The molecule has 2 unspecified atom stereocenters. The van der Waals surface area contributed by atoms with E-state index in [1.54, 1.807) is 37.3 Å². The Hall–Kier alpha value is -3.67. The number of sulfonamides is 1. The van der Waals surface area contributed by atoms with Gasteiger partial charge in [0.15, 0.2) is 0 Å². The number of nitro benzene ring substituents is 1. The van der Waals surface area contributed by atoms with Crippen LogP contribution >= 0.6 is 23.2 Å². The van der Waals surface area contributed by atoms with Crippen molar-refractivity contribution in [2.75, 3.05) is 10.8 Å². The minimum absolute atomic E-state index is 0.0411. The average molecular weight is 636 g/mol. The van der Waals surface area contributed by atoms with Crippen LogP contribution in [0.25, 0.3) is 0 Å². The molecule has 0 bridgehead atoms. The van der Waals surface area contributed by atoms with E-state index >= 15 is 0 Å². The number of hydrogen-bond acceptors (Lipinski definition) is 6. The van der Waals surface area contributed by atoms with Crippen LogP contribution in [0.15, 0.2) is 77.7 Å². The van der Waals surface area contributed by atoms with Crippen LogP contribution in [-0.4, -0.2) is 48.7 Å². The van der Waals surface area contributed by atoms with E-state index in [0.29, 0.717) is 17.0 Å². The number of nitrogens with one attached hydrogen (secondary N) is 1. The highest BCUT2D eigenvalue weighted by atomic mass is 35.5. The van der Waals surface area contributed by atoms with E-state index in [4.69, 9.17) is 23.2 Å². The van der Waals surface area contributed by atoms with Gasteiger partial charge in [0.25, 0.3) is 15.7 Å². The van der Waals surface area contributed by atoms with Crippen LogP contribution in [0.1, 0.15) is 39.2 Å². The molecule has 0 heterocycles. The van der Waals surface area contributed by atoms with Crippen molar-refractivity contribution in [3.05, 3.63) is 98.5 Å². The lowest BCUT2D eigenvalue weighted by Crippen LogP contribution is -2.53. The summed E-state index contributed by atoms with van der Waals surface area (Å²) < 4.78 is 28.5. The van der Waals surface area contributed by atoms with Gasteiger partial charge in [-0.15, -0.1) is 0 Å². The van der Waals surface area contributed by atoms with Gasteiger partial charge < -0.3 is 10.2 Å². The third-order valence-electron chi connectivity index (χ3n) is 6.70. The molecule has 2 amide bonds. The molecule has 0 fully saturated rings. The highest BCUT2D eigenvalue weighted by molar-refractivity contribution is 7.92. The van der Waals surface area contributed by atoms with E-state index in [1.807, 2.05) is 13.8 Å². The SMILES string of the molecule is CCC(C)NC(=O)C(CC)N(Cc1ccc(Cl)cc1Cl)C(=O)CN(c1ccc([N+](=O)[O-])cc1)S(=O)(=O)c1ccccc1. The molecule has 224 valence electrons. The Morgan fingerprint density at radius 2 is 1.62 bits per heavy atom. The molecule has 0 aliphatic heterocycles. The molecule has 13 heteroatoms. The Labute approximate surface area is 255 Å². The average Bonchev–Trinajstić information content (AvgIpc) is 2.97. The lowest BCUT2D eigenvalue weighted by Gasteiger charge is -2.34. The van der Waals surface area contributed by atoms with Crippen molar-refractivity contribution >= 4 is 56.4 Å². The van der Waals surface area contributed by atoms with E-state index in [9.17, 15) is 28.1 Å². The number of halogens is 2. The quantitative estimate of drug-likeness (QED) is 0.186. The lowest BCUT2D eigenvalue weighted by molar-refractivity contribution is -0.384. The third-order valence-corrected chi connectivity index (χ3v) is 9.08. The summed E-state index contributed by atoms with van der Waals surface area (Å²) in [6, 6.07) is 16.0. The van der Waals surface area contributed by atoms with E-state index in [2.05, 4.69) is 5.32 Å². The Bertz CT molecular complexity index is 1520. The van der Waals surface area contributed by atoms with Crippen molar-refractivity contribution in [2.24, 2.45) is 0 Å². The first-order chi connectivity index (χ1) is 19.9. The number of carbonyl (C=O) groups excluding carboxylic acids is 2. The van der Waals surface area contributed by atoms with Crippen LogP contribution < -0.4 is 9.62 Å². The molecule has 2 atom stereocenters. The van der Waals surface area contributed by atoms with Gasteiger partial charge in [0.05, 0.1) is 15.5 Å². The van der Waals surface area contributed by atoms with Crippen molar-refractivity contribution < 1.29 is 22.9 Å². The van der Waals surface area contributed by atoms with E-state index in [-0.39, 0.29) is 40.3 Å². The fourth-order valence-electron chi connectivity index (χ4n) is 4.18. The number of non-ortho nitro benzene ring substituents is 1. The second kappa shape index (κ2) is 14.5. The van der Waals surface area contributed by atoms with E-state index in [0.717, 1.165) is 16.4 Å². The number of amides is 2. The maximum atomic E-state index is 14.1. The van der Waals surface area contributed by atoms with Gasteiger partial charge in [-0.3, -0.25) is 24.0 Å². The highest BCUT2D eigenvalue weighted by Gasteiger charge is 2.34. The number of benzene rings is 3. The van der Waals surface area contributed by atoms with Crippen molar-refractivity contribution in [2.45, 2.75) is 57.1 Å². The van der Waals surface area contributed by atoms with Crippen molar-refractivity contribution in [1.82, 2.24) is 10.2 Å². The Balaban J connectivity index is 2.09. The molecule has 0 spiro atoms. The molecule has 10 nitrogen and oxygen atoms in total. The molecule has 1 N–H and O–H groups in total. The molecule has 3 rings (SSSR count). The van der Waals surface area contributed by atoms with Gasteiger partial charge in [0, 0.05) is 34.8 Å². The van der Waals surface area contributed by atoms with Crippen molar-refractivity contribution in [3.8, 4) is 0 Å².